The summed E-state index contributed by atoms with van der Waals surface area (Å²) in [6.07, 6.45) is 0. The molecule has 0 amide bonds. The Morgan fingerprint density at radius 1 is 1.12 bits per heavy atom. The molecule has 0 radical (unpaired) electrons. The lowest BCUT2D eigenvalue weighted by Crippen LogP contribution is -3.12. The molecule has 0 aromatic heterocycles. The molecule has 0 unspecified atom stereocenters. The summed E-state index contributed by atoms with van der Waals surface area (Å²) in [4.78, 5) is 1.49. The van der Waals surface area contributed by atoms with E-state index in [1.807, 2.05) is 12.1 Å². The van der Waals surface area contributed by atoms with Gasteiger partial charge in [0.25, 0.3) is 0 Å². The number of hydrogen-bond donors (Lipinski definition) is 3. The highest BCUT2D eigenvalue weighted by atomic mass is 32.1. The third kappa shape index (κ3) is 5.51. The normalized spacial score (nSPS) is 12.0. The van der Waals surface area contributed by atoms with Crippen molar-refractivity contribution >= 4 is 23.0 Å². The van der Waals surface area contributed by atoms with Gasteiger partial charge in [0.05, 0.1) is 19.6 Å². The molecule has 0 bridgehead atoms. The molecule has 2 aromatic rings. The van der Waals surface area contributed by atoms with Crippen LogP contribution in [0.2, 0.25) is 0 Å². The second-order valence-corrected chi connectivity index (χ2v) is 6.54. The van der Waals surface area contributed by atoms with E-state index in [9.17, 15) is 4.39 Å². The first-order valence-corrected chi connectivity index (χ1v) is 9.16. The molecule has 3 nitrogen and oxygen atoms in total. The second-order valence-electron chi connectivity index (χ2n) is 6.13. The van der Waals surface area contributed by atoms with Crippen LogP contribution < -0.4 is 15.5 Å². The fourth-order valence-corrected chi connectivity index (χ4v) is 3.17. The average molecular weight is 361 g/mol. The second kappa shape index (κ2) is 9.49. The Hall–Kier alpha value is -1.98. The third-order valence-electron chi connectivity index (χ3n) is 4.50. The van der Waals surface area contributed by atoms with E-state index < -0.39 is 0 Å². The number of quaternary nitrogens is 1. The van der Waals surface area contributed by atoms with Crippen LogP contribution in [0.3, 0.4) is 0 Å². The van der Waals surface area contributed by atoms with Gasteiger partial charge in [-0.25, -0.2) is 4.39 Å². The van der Waals surface area contributed by atoms with Crippen molar-refractivity contribution < 1.29 is 9.29 Å². The number of aryl methyl sites for hydroxylation is 1. The smallest absolute Gasteiger partial charge is 0.171 e. The molecule has 0 aliphatic heterocycles. The summed E-state index contributed by atoms with van der Waals surface area (Å²) in [5, 5.41) is 6.86. The topological polar surface area (TPSA) is 28.5 Å². The van der Waals surface area contributed by atoms with Gasteiger partial charge >= 0.3 is 0 Å². The third-order valence-corrected chi connectivity index (χ3v) is 4.75. The zero-order valence-electron chi connectivity index (χ0n) is 15.1. The van der Waals surface area contributed by atoms with Crippen molar-refractivity contribution in [1.29, 1.82) is 0 Å². The molecule has 2 rings (SSSR count). The maximum Gasteiger partial charge on any atom is 0.171 e. The van der Waals surface area contributed by atoms with Crippen LogP contribution in [-0.2, 0) is 0 Å². The molecule has 0 heterocycles. The minimum atomic E-state index is -0.234. The molecule has 0 spiro atoms. The Balaban J connectivity index is 2.01. The molecular weight excluding hydrogens is 333 g/mol. The van der Waals surface area contributed by atoms with Crippen molar-refractivity contribution in [2.75, 3.05) is 25.0 Å². The summed E-state index contributed by atoms with van der Waals surface area (Å²) in [6, 6.07) is 15.8. The van der Waals surface area contributed by atoms with Gasteiger partial charge in [0, 0.05) is 11.3 Å². The molecule has 0 saturated carbocycles. The van der Waals surface area contributed by atoms with Crippen molar-refractivity contribution in [2.45, 2.75) is 26.8 Å². The number of rotatable bonds is 7. The number of anilines is 1. The van der Waals surface area contributed by atoms with Crippen LogP contribution in [0.1, 0.15) is 31.0 Å². The maximum absolute atomic E-state index is 13.7. The van der Waals surface area contributed by atoms with Gasteiger partial charge < -0.3 is 15.5 Å². The Bertz CT molecular complexity index is 687. The predicted molar refractivity (Wildman–Crippen MR) is 107 cm³/mol. The predicted octanol–water partition coefficient (Wildman–Crippen LogP) is 3.09. The Kier molecular flexibility index (Phi) is 7.34. The van der Waals surface area contributed by atoms with Crippen molar-refractivity contribution in [3.8, 4) is 0 Å². The molecule has 0 fully saturated rings. The summed E-state index contributed by atoms with van der Waals surface area (Å²) >= 11 is 5.39. The van der Waals surface area contributed by atoms with Gasteiger partial charge in [-0.2, -0.15) is 0 Å². The minimum Gasteiger partial charge on any atom is -0.356 e. The SMILES string of the molecule is CC[NH+](CC)[C@H](CNC(=S)Nc1ccc(C)c(F)c1)c1ccccc1. The first-order chi connectivity index (χ1) is 12.0. The van der Waals surface area contributed by atoms with Gasteiger partial charge in [0.2, 0.25) is 0 Å². The number of nitrogens with one attached hydrogen (secondary N) is 3. The maximum atomic E-state index is 13.7. The van der Waals surface area contributed by atoms with Crippen LogP contribution >= 0.6 is 12.2 Å². The fraction of sp³-hybridized carbons (Fsp3) is 0.350. The van der Waals surface area contributed by atoms with Gasteiger partial charge in [0.15, 0.2) is 5.11 Å². The number of benzene rings is 2. The molecule has 2 aromatic carbocycles. The number of halogens is 1. The highest BCUT2D eigenvalue weighted by Crippen LogP contribution is 2.13. The van der Waals surface area contributed by atoms with E-state index in [0.29, 0.717) is 22.4 Å². The molecular formula is C20H27FN3S+. The number of hydrogen-bond acceptors (Lipinski definition) is 1. The van der Waals surface area contributed by atoms with E-state index in [-0.39, 0.29) is 5.82 Å². The first-order valence-electron chi connectivity index (χ1n) is 8.75. The quantitative estimate of drug-likeness (QED) is 0.663. The minimum absolute atomic E-state index is 0.234. The number of likely N-dealkylation sites (N-methyl/N-ethyl adjacent to an activating group) is 1. The monoisotopic (exact) mass is 360 g/mol. The first kappa shape index (κ1) is 19.3. The lowest BCUT2D eigenvalue weighted by molar-refractivity contribution is -0.927. The van der Waals surface area contributed by atoms with Crippen LogP contribution in [0.4, 0.5) is 10.1 Å². The van der Waals surface area contributed by atoms with Gasteiger partial charge in [-0.3, -0.25) is 0 Å². The van der Waals surface area contributed by atoms with Gasteiger partial charge in [-0.1, -0.05) is 36.4 Å². The summed E-state index contributed by atoms with van der Waals surface area (Å²) in [6.45, 7) is 8.94. The van der Waals surface area contributed by atoms with E-state index in [0.717, 1.165) is 19.6 Å². The molecule has 0 aliphatic rings. The van der Waals surface area contributed by atoms with E-state index in [4.69, 9.17) is 12.2 Å². The van der Waals surface area contributed by atoms with E-state index >= 15 is 0 Å². The van der Waals surface area contributed by atoms with Crippen LogP contribution in [0, 0.1) is 12.7 Å². The van der Waals surface area contributed by atoms with Gasteiger partial charge in [-0.05, 0) is 50.7 Å². The van der Waals surface area contributed by atoms with E-state index in [1.165, 1.54) is 16.5 Å². The van der Waals surface area contributed by atoms with Crippen molar-refractivity contribution in [2.24, 2.45) is 0 Å². The van der Waals surface area contributed by atoms with Crippen LogP contribution in [0.15, 0.2) is 48.5 Å². The van der Waals surface area contributed by atoms with Crippen molar-refractivity contribution in [1.82, 2.24) is 5.32 Å². The van der Waals surface area contributed by atoms with Gasteiger partial charge in [0.1, 0.15) is 11.9 Å². The molecule has 25 heavy (non-hydrogen) atoms. The summed E-state index contributed by atoms with van der Waals surface area (Å²) in [5.41, 5.74) is 2.57. The largest absolute Gasteiger partial charge is 0.356 e. The Labute approximate surface area is 155 Å². The van der Waals surface area contributed by atoms with Crippen LogP contribution in [0.5, 0.6) is 0 Å². The fourth-order valence-electron chi connectivity index (χ4n) is 2.97. The molecule has 0 aliphatic carbocycles. The van der Waals surface area contributed by atoms with Crippen LogP contribution in [0.25, 0.3) is 0 Å². The molecule has 134 valence electrons. The zero-order chi connectivity index (χ0) is 18.2. The zero-order valence-corrected chi connectivity index (χ0v) is 15.9. The van der Waals surface area contributed by atoms with E-state index in [2.05, 4.69) is 48.7 Å². The van der Waals surface area contributed by atoms with Crippen LogP contribution in [-0.4, -0.2) is 24.7 Å². The Morgan fingerprint density at radius 2 is 1.80 bits per heavy atom. The van der Waals surface area contributed by atoms with Crippen molar-refractivity contribution in [3.63, 3.8) is 0 Å². The number of thiocarbonyl (C=S) groups is 1. The molecule has 5 heteroatoms. The lowest BCUT2D eigenvalue weighted by atomic mass is 10.1. The highest BCUT2D eigenvalue weighted by molar-refractivity contribution is 7.80. The average Bonchev–Trinajstić information content (AvgIpc) is 2.62. The highest BCUT2D eigenvalue weighted by Gasteiger charge is 2.21. The summed E-state index contributed by atoms with van der Waals surface area (Å²) in [5.74, 6) is -0.234. The summed E-state index contributed by atoms with van der Waals surface area (Å²) < 4.78 is 13.7. The molecule has 1 atom stereocenters. The van der Waals surface area contributed by atoms with Crippen molar-refractivity contribution in [3.05, 3.63) is 65.5 Å². The van der Waals surface area contributed by atoms with Gasteiger partial charge in [-0.15, -0.1) is 0 Å². The molecule has 3 N–H and O–H groups in total. The Morgan fingerprint density at radius 3 is 2.40 bits per heavy atom. The summed E-state index contributed by atoms with van der Waals surface area (Å²) in [7, 11) is 0. The molecule has 0 saturated heterocycles. The lowest BCUT2D eigenvalue weighted by Gasteiger charge is -2.27. The van der Waals surface area contributed by atoms with E-state index in [1.54, 1.807) is 13.0 Å². The standard InChI is InChI=1S/C20H26FN3S/c1-4-24(5-2)19(16-9-7-6-8-10-16)14-22-20(25)23-17-12-11-15(3)18(21)13-17/h6-13,19H,4-5,14H2,1-3H3,(H2,22,23,25)/p+1/t19-/m1/s1.